The third-order valence-electron chi connectivity index (χ3n) is 12.0. The molecule has 2 atom stereocenters. The lowest BCUT2D eigenvalue weighted by Gasteiger charge is -2.31. The lowest BCUT2D eigenvalue weighted by atomic mass is 9.86. The van der Waals surface area contributed by atoms with Gasteiger partial charge in [-0.25, -0.2) is 0 Å². The Labute approximate surface area is 301 Å². The number of nitrogens with one attached hydrogen (secondary N) is 1. The molecule has 52 heavy (non-hydrogen) atoms. The number of benzene rings is 8. The van der Waals surface area contributed by atoms with Crippen molar-refractivity contribution in [2.45, 2.75) is 25.0 Å². The summed E-state index contributed by atoms with van der Waals surface area (Å²) in [5.41, 5.74) is 16.7. The van der Waals surface area contributed by atoms with E-state index in [0.29, 0.717) is 0 Å². The largest absolute Gasteiger partial charge is 0.362 e. The average Bonchev–Trinajstić information content (AvgIpc) is 3.67. The highest BCUT2D eigenvalue weighted by Gasteiger charge is 2.41. The molecule has 0 fully saturated rings. The molecule has 3 heterocycles. The topological polar surface area (TPSA) is 29.3 Å². The van der Waals surface area contributed by atoms with E-state index in [1.807, 2.05) is 0 Å². The maximum absolute atomic E-state index is 5.79. The van der Waals surface area contributed by atoms with E-state index in [9.17, 15) is 0 Å². The molecular formula is C49H33N3. The summed E-state index contributed by atoms with van der Waals surface area (Å²) in [4.78, 5) is 5.79. The first kappa shape index (κ1) is 28.3. The maximum atomic E-state index is 5.79. The van der Waals surface area contributed by atoms with E-state index in [2.05, 4.69) is 168 Å². The van der Waals surface area contributed by atoms with Gasteiger partial charge in [-0.1, -0.05) is 152 Å². The highest BCUT2D eigenvalue weighted by atomic mass is 15.1. The molecule has 244 valence electrons. The van der Waals surface area contributed by atoms with Gasteiger partial charge in [0.15, 0.2) is 0 Å². The molecule has 12 rings (SSSR count). The fourth-order valence-electron chi connectivity index (χ4n) is 9.92. The molecule has 0 bridgehead atoms. The SMILES string of the molecule is c1ccc2c(c1)CCn1c3c-2cccc3c2c3c(c4ccccc4c21)-c1ccccc1C3C1N=C(c2cccc3ccccc23)c2ccccc2N1. The number of fused-ring (bicyclic) bond motifs is 14. The van der Waals surface area contributed by atoms with Crippen LogP contribution in [0.2, 0.25) is 0 Å². The number of aryl methyl sites for hydroxylation is 2. The Balaban J connectivity index is 1.20. The van der Waals surface area contributed by atoms with Crippen molar-refractivity contribution in [3.05, 3.63) is 186 Å². The van der Waals surface area contributed by atoms with E-state index in [-0.39, 0.29) is 12.1 Å². The lowest BCUT2D eigenvalue weighted by Crippen LogP contribution is -2.32. The molecule has 8 aromatic carbocycles. The molecule has 1 aromatic heterocycles. The Morgan fingerprint density at radius 2 is 1.17 bits per heavy atom. The van der Waals surface area contributed by atoms with Crippen LogP contribution in [0.5, 0.6) is 0 Å². The van der Waals surface area contributed by atoms with Crippen LogP contribution in [0.25, 0.3) is 65.6 Å². The van der Waals surface area contributed by atoms with Crippen molar-refractivity contribution in [2.24, 2.45) is 4.99 Å². The van der Waals surface area contributed by atoms with Gasteiger partial charge in [0.2, 0.25) is 0 Å². The third kappa shape index (κ3) is 3.72. The molecule has 1 N–H and O–H groups in total. The minimum absolute atomic E-state index is 0.00503. The molecule has 0 saturated carbocycles. The van der Waals surface area contributed by atoms with Gasteiger partial charge in [-0.15, -0.1) is 0 Å². The summed E-state index contributed by atoms with van der Waals surface area (Å²) < 4.78 is 2.65. The van der Waals surface area contributed by atoms with Gasteiger partial charge >= 0.3 is 0 Å². The van der Waals surface area contributed by atoms with Gasteiger partial charge in [0.25, 0.3) is 0 Å². The van der Waals surface area contributed by atoms with Crippen molar-refractivity contribution in [1.29, 1.82) is 0 Å². The summed E-state index contributed by atoms with van der Waals surface area (Å²) in [7, 11) is 0. The molecule has 0 amide bonds. The Hall–Kier alpha value is -6.45. The molecule has 2 unspecified atom stereocenters. The van der Waals surface area contributed by atoms with Gasteiger partial charge in [-0.05, 0) is 62.0 Å². The van der Waals surface area contributed by atoms with Crippen molar-refractivity contribution in [2.75, 3.05) is 5.32 Å². The van der Waals surface area contributed by atoms with Gasteiger partial charge in [0, 0.05) is 45.1 Å². The molecule has 2 aliphatic heterocycles. The Morgan fingerprint density at radius 3 is 2.10 bits per heavy atom. The molecular weight excluding hydrogens is 631 g/mol. The molecule has 0 radical (unpaired) electrons. The summed E-state index contributed by atoms with van der Waals surface area (Å²) in [6, 6.07) is 58.2. The normalized spacial score (nSPS) is 17.0. The number of nitrogens with zero attached hydrogens (tertiary/aromatic N) is 2. The molecule has 3 aliphatic rings. The molecule has 9 aromatic rings. The number of rotatable bonds is 2. The van der Waals surface area contributed by atoms with Crippen LogP contribution in [0.15, 0.2) is 163 Å². The van der Waals surface area contributed by atoms with Crippen LogP contribution in [0.3, 0.4) is 0 Å². The Morgan fingerprint density at radius 1 is 0.519 bits per heavy atom. The summed E-state index contributed by atoms with van der Waals surface area (Å²) in [6.45, 7) is 0.937. The molecule has 0 saturated heterocycles. The van der Waals surface area contributed by atoms with Crippen LogP contribution >= 0.6 is 0 Å². The summed E-state index contributed by atoms with van der Waals surface area (Å²) in [5.74, 6) is -0.00503. The van der Waals surface area contributed by atoms with Crippen molar-refractivity contribution >= 4 is 54.7 Å². The zero-order valence-corrected chi connectivity index (χ0v) is 28.5. The van der Waals surface area contributed by atoms with Gasteiger partial charge in [-0.2, -0.15) is 0 Å². The highest BCUT2D eigenvalue weighted by molar-refractivity contribution is 6.27. The summed E-state index contributed by atoms with van der Waals surface area (Å²) in [5, 5.41) is 11.8. The van der Waals surface area contributed by atoms with Crippen molar-refractivity contribution in [1.82, 2.24) is 4.57 Å². The van der Waals surface area contributed by atoms with E-state index < -0.39 is 0 Å². The number of aliphatic imine (C=N–C) groups is 1. The monoisotopic (exact) mass is 663 g/mol. The highest BCUT2D eigenvalue weighted by Crippen LogP contribution is 2.56. The van der Waals surface area contributed by atoms with Crippen molar-refractivity contribution < 1.29 is 0 Å². The number of hydrogen-bond donors (Lipinski definition) is 1. The third-order valence-corrected chi connectivity index (χ3v) is 12.0. The second kappa shape index (κ2) is 10.5. The van der Waals surface area contributed by atoms with Crippen molar-refractivity contribution in [3.63, 3.8) is 0 Å². The van der Waals surface area contributed by atoms with Crippen LogP contribution in [0.1, 0.15) is 33.7 Å². The molecule has 3 nitrogen and oxygen atoms in total. The van der Waals surface area contributed by atoms with Gasteiger partial charge < -0.3 is 9.88 Å². The fraction of sp³-hybridized carbons (Fsp3) is 0.0816. The van der Waals surface area contributed by atoms with Crippen LogP contribution in [-0.4, -0.2) is 16.4 Å². The van der Waals surface area contributed by atoms with E-state index in [1.54, 1.807) is 0 Å². The first-order chi connectivity index (χ1) is 25.8. The van der Waals surface area contributed by atoms with E-state index >= 15 is 0 Å². The van der Waals surface area contributed by atoms with Crippen LogP contribution in [-0.2, 0) is 13.0 Å². The minimum atomic E-state index is -0.217. The van der Waals surface area contributed by atoms with Gasteiger partial charge in [0.1, 0.15) is 6.17 Å². The zero-order chi connectivity index (χ0) is 33.9. The second-order valence-electron chi connectivity index (χ2n) is 14.5. The zero-order valence-electron chi connectivity index (χ0n) is 28.5. The summed E-state index contributed by atoms with van der Waals surface area (Å²) >= 11 is 0. The second-order valence-corrected chi connectivity index (χ2v) is 14.5. The standard InChI is InChI=1S/C49H33N3/c1-3-16-31-29(13-1)15-11-23-36(31)46-39-22-9-10-26-41(39)50-49(51-46)44-34-19-6-5-18-33(34)42-35-20-7-8-21-38(35)48-43(45(42)44)40-25-12-24-37-32-17-4-2-14-30(32)27-28-52(48)47(37)40/h1-26,44,49-50H,27-28H2. The number of aromatic nitrogens is 1. The number of hydrogen-bond acceptors (Lipinski definition) is 2. The van der Waals surface area contributed by atoms with E-state index in [0.717, 1.165) is 29.9 Å². The Kier molecular flexibility index (Phi) is 5.73. The van der Waals surface area contributed by atoms with Crippen LogP contribution in [0.4, 0.5) is 5.69 Å². The van der Waals surface area contributed by atoms with Gasteiger partial charge in [0.05, 0.1) is 22.7 Å². The average molecular weight is 664 g/mol. The van der Waals surface area contributed by atoms with Crippen molar-refractivity contribution in [3.8, 4) is 22.3 Å². The first-order valence-electron chi connectivity index (χ1n) is 18.4. The molecule has 0 spiro atoms. The van der Waals surface area contributed by atoms with E-state index in [4.69, 9.17) is 4.99 Å². The van der Waals surface area contributed by atoms with Crippen LogP contribution < -0.4 is 5.32 Å². The fourth-order valence-corrected chi connectivity index (χ4v) is 9.92. The first-order valence-corrected chi connectivity index (χ1v) is 18.4. The van der Waals surface area contributed by atoms with E-state index in [1.165, 1.54) is 87.9 Å². The van der Waals surface area contributed by atoms with Gasteiger partial charge in [-0.3, -0.25) is 4.99 Å². The molecule has 3 heteroatoms. The number of para-hydroxylation sites is 2. The minimum Gasteiger partial charge on any atom is -0.362 e. The Bertz CT molecular complexity index is 3010. The molecule has 1 aliphatic carbocycles. The number of anilines is 1. The smallest absolute Gasteiger partial charge is 0.130 e. The maximum Gasteiger partial charge on any atom is 0.130 e. The quantitative estimate of drug-likeness (QED) is 0.196. The summed E-state index contributed by atoms with van der Waals surface area (Å²) in [6.07, 6.45) is 0.782. The van der Waals surface area contributed by atoms with Crippen LogP contribution in [0, 0.1) is 0 Å². The predicted molar refractivity (Wildman–Crippen MR) is 217 cm³/mol. The predicted octanol–water partition coefficient (Wildman–Crippen LogP) is 11.7. The lowest BCUT2D eigenvalue weighted by molar-refractivity contribution is 0.672.